The van der Waals surface area contributed by atoms with E-state index in [1.165, 1.54) is 20.2 Å². The van der Waals surface area contributed by atoms with E-state index >= 15 is 0 Å². The molecule has 0 spiro atoms. The van der Waals surface area contributed by atoms with Gasteiger partial charge in [0.05, 0.1) is 36.7 Å². The number of alkyl halides is 3. The molecule has 0 unspecified atom stereocenters. The van der Waals surface area contributed by atoms with Crippen molar-refractivity contribution in [2.75, 3.05) is 52.3 Å². The van der Waals surface area contributed by atoms with E-state index in [4.69, 9.17) is 9.47 Å². The van der Waals surface area contributed by atoms with Crippen LogP contribution in [0.15, 0.2) is 36.7 Å². The van der Waals surface area contributed by atoms with E-state index in [0.29, 0.717) is 28.6 Å². The van der Waals surface area contributed by atoms with Crippen molar-refractivity contribution in [1.82, 2.24) is 25.1 Å². The van der Waals surface area contributed by atoms with Gasteiger partial charge in [-0.1, -0.05) is 18.8 Å². The zero-order valence-corrected chi connectivity index (χ0v) is 26.2. The standard InChI is InChI=1S/C33H39F3N6O4/c1-21-18-41(24-9-13-46-14-10-24)12-8-26(21)40-32(44)25-15-22(16-28-30(25)39-20-42(28)19-33(34,35)36)5-4-11-38-27-7-6-23(31(43)37-2)17-29(27)45-3/h6-7,15-17,20-21,24,26,38H,8-14,18-19H2,1-3H3,(H,37,43)(H,40,44)/t21-,26-/m0/s1. The molecule has 2 aliphatic rings. The highest BCUT2D eigenvalue weighted by Crippen LogP contribution is 2.28. The second-order valence-electron chi connectivity index (χ2n) is 11.7. The van der Waals surface area contributed by atoms with E-state index in [1.807, 2.05) is 0 Å². The molecule has 246 valence electrons. The molecule has 2 saturated heterocycles. The number of imidazole rings is 1. The molecule has 2 fully saturated rings. The summed E-state index contributed by atoms with van der Waals surface area (Å²) < 4.78 is 52.0. The predicted molar refractivity (Wildman–Crippen MR) is 168 cm³/mol. The van der Waals surface area contributed by atoms with Crippen LogP contribution in [0, 0.1) is 17.8 Å². The molecule has 0 aliphatic carbocycles. The molecular formula is C33H39F3N6O4. The molecule has 2 atom stereocenters. The summed E-state index contributed by atoms with van der Waals surface area (Å²) in [5.41, 5.74) is 1.98. The summed E-state index contributed by atoms with van der Waals surface area (Å²) in [4.78, 5) is 32.3. The minimum atomic E-state index is -4.47. The summed E-state index contributed by atoms with van der Waals surface area (Å²) >= 11 is 0. The SMILES string of the molecule is CNC(=O)c1ccc(NCC#Cc2cc(C(=O)N[C@H]3CCN(C4CCOCC4)C[C@@H]3C)c3ncn(CC(F)(F)F)c3c2)c(OC)c1. The molecule has 2 aromatic carbocycles. The number of hydrogen-bond acceptors (Lipinski definition) is 7. The number of halogens is 3. The fourth-order valence-corrected chi connectivity index (χ4v) is 6.16. The lowest BCUT2D eigenvalue weighted by Gasteiger charge is -2.42. The maximum atomic E-state index is 13.7. The van der Waals surface area contributed by atoms with Crippen LogP contribution in [0.3, 0.4) is 0 Å². The quantitative estimate of drug-likeness (QED) is 0.319. The Labute approximate surface area is 266 Å². The molecule has 13 heteroatoms. The minimum Gasteiger partial charge on any atom is -0.495 e. The average Bonchev–Trinajstić information content (AvgIpc) is 3.44. The Hall–Kier alpha value is -4.28. The molecule has 1 aromatic heterocycles. The van der Waals surface area contributed by atoms with Gasteiger partial charge in [0.1, 0.15) is 17.8 Å². The highest BCUT2D eigenvalue weighted by Gasteiger charge is 2.33. The molecule has 5 rings (SSSR count). The van der Waals surface area contributed by atoms with Gasteiger partial charge in [0.2, 0.25) is 0 Å². The third kappa shape index (κ3) is 7.92. The number of nitrogens with zero attached hydrogens (tertiary/aromatic N) is 3. The van der Waals surface area contributed by atoms with Crippen molar-refractivity contribution in [3.8, 4) is 17.6 Å². The van der Waals surface area contributed by atoms with Gasteiger partial charge in [-0.15, -0.1) is 0 Å². The third-order valence-electron chi connectivity index (χ3n) is 8.57. The summed E-state index contributed by atoms with van der Waals surface area (Å²) in [5.74, 6) is 5.95. The molecule has 0 bridgehead atoms. The Morgan fingerprint density at radius 3 is 2.61 bits per heavy atom. The predicted octanol–water partition coefficient (Wildman–Crippen LogP) is 4.05. The van der Waals surface area contributed by atoms with Crippen LogP contribution >= 0.6 is 0 Å². The first-order valence-corrected chi connectivity index (χ1v) is 15.4. The first kappa shape index (κ1) is 33.1. The number of nitrogens with one attached hydrogen (secondary N) is 3. The molecule has 2 aliphatic heterocycles. The Bertz CT molecular complexity index is 1620. The Morgan fingerprint density at radius 1 is 1.13 bits per heavy atom. The van der Waals surface area contributed by atoms with E-state index in [0.717, 1.165) is 56.5 Å². The molecule has 0 saturated carbocycles. The van der Waals surface area contributed by atoms with Gasteiger partial charge >= 0.3 is 6.18 Å². The van der Waals surface area contributed by atoms with Crippen LogP contribution in [0.1, 0.15) is 52.5 Å². The number of rotatable bonds is 8. The maximum Gasteiger partial charge on any atom is 0.406 e. The molecular weight excluding hydrogens is 601 g/mol. The number of carbonyl (C=O) groups excluding carboxylic acids is 2. The second-order valence-corrected chi connectivity index (χ2v) is 11.7. The van der Waals surface area contributed by atoms with Crippen LogP contribution in [-0.4, -0.2) is 91.5 Å². The molecule has 10 nitrogen and oxygen atoms in total. The monoisotopic (exact) mass is 640 g/mol. The number of likely N-dealkylation sites (tertiary alicyclic amines) is 1. The van der Waals surface area contributed by atoms with Crippen molar-refractivity contribution in [3.05, 3.63) is 53.3 Å². The number of methoxy groups -OCH3 is 1. The van der Waals surface area contributed by atoms with Gasteiger partial charge in [-0.3, -0.25) is 14.5 Å². The van der Waals surface area contributed by atoms with E-state index in [2.05, 4.69) is 44.6 Å². The molecule has 0 radical (unpaired) electrons. The summed E-state index contributed by atoms with van der Waals surface area (Å²) in [7, 11) is 3.03. The average molecular weight is 641 g/mol. The zero-order chi connectivity index (χ0) is 32.8. The van der Waals surface area contributed by atoms with Crippen molar-refractivity contribution >= 4 is 28.5 Å². The van der Waals surface area contributed by atoms with Crippen molar-refractivity contribution in [1.29, 1.82) is 0 Å². The van der Waals surface area contributed by atoms with E-state index < -0.39 is 12.7 Å². The van der Waals surface area contributed by atoms with Crippen molar-refractivity contribution in [2.45, 2.75) is 51.0 Å². The molecule has 3 N–H and O–H groups in total. The number of fused-ring (bicyclic) bond motifs is 1. The number of benzene rings is 2. The number of anilines is 1. The van der Waals surface area contributed by atoms with Crippen LogP contribution in [0.4, 0.5) is 18.9 Å². The first-order valence-electron chi connectivity index (χ1n) is 15.4. The van der Waals surface area contributed by atoms with Gasteiger partial charge in [0.25, 0.3) is 11.8 Å². The lowest BCUT2D eigenvalue weighted by molar-refractivity contribution is -0.139. The second kappa shape index (κ2) is 14.4. The van der Waals surface area contributed by atoms with Gasteiger partial charge in [0.15, 0.2) is 0 Å². The summed E-state index contributed by atoms with van der Waals surface area (Å²) in [6.45, 7) is 4.28. The molecule has 2 amide bonds. The van der Waals surface area contributed by atoms with Gasteiger partial charge < -0.3 is 30.0 Å². The first-order chi connectivity index (χ1) is 22.1. The highest BCUT2D eigenvalue weighted by molar-refractivity contribution is 6.05. The van der Waals surface area contributed by atoms with Crippen molar-refractivity contribution < 1.29 is 32.2 Å². The number of hydrogen-bond donors (Lipinski definition) is 3. The van der Waals surface area contributed by atoms with Gasteiger partial charge in [-0.05, 0) is 55.5 Å². The Kier molecular flexibility index (Phi) is 10.4. The smallest absolute Gasteiger partial charge is 0.406 e. The summed E-state index contributed by atoms with van der Waals surface area (Å²) in [5, 5.41) is 8.83. The Balaban J connectivity index is 1.34. The fraction of sp³-hybridized carbons (Fsp3) is 0.485. The normalized spacial score (nSPS) is 19.3. The molecule has 3 aromatic rings. The Morgan fingerprint density at radius 2 is 1.91 bits per heavy atom. The van der Waals surface area contributed by atoms with Crippen LogP contribution in [0.2, 0.25) is 0 Å². The topological polar surface area (TPSA) is 110 Å². The summed E-state index contributed by atoms with van der Waals surface area (Å²) in [6, 6.07) is 8.45. The van der Waals surface area contributed by atoms with Crippen LogP contribution < -0.4 is 20.7 Å². The fourth-order valence-electron chi connectivity index (χ4n) is 6.16. The molecule has 46 heavy (non-hydrogen) atoms. The lowest BCUT2D eigenvalue weighted by atomic mass is 9.91. The number of carbonyl (C=O) groups is 2. The van der Waals surface area contributed by atoms with Gasteiger partial charge in [-0.25, -0.2) is 4.98 Å². The number of ether oxygens (including phenoxy) is 2. The third-order valence-corrected chi connectivity index (χ3v) is 8.57. The number of amides is 2. The van der Waals surface area contributed by atoms with Crippen LogP contribution in [-0.2, 0) is 11.3 Å². The van der Waals surface area contributed by atoms with E-state index in [1.54, 1.807) is 24.3 Å². The van der Waals surface area contributed by atoms with E-state index in [-0.39, 0.29) is 46.9 Å². The summed E-state index contributed by atoms with van der Waals surface area (Å²) in [6.07, 6.45) is -0.583. The minimum absolute atomic E-state index is 0.0837. The molecule has 3 heterocycles. The van der Waals surface area contributed by atoms with Crippen molar-refractivity contribution in [3.63, 3.8) is 0 Å². The number of piperidine rings is 1. The zero-order valence-electron chi connectivity index (χ0n) is 26.2. The van der Waals surface area contributed by atoms with Crippen LogP contribution in [0.5, 0.6) is 5.75 Å². The largest absolute Gasteiger partial charge is 0.495 e. The van der Waals surface area contributed by atoms with Crippen LogP contribution in [0.25, 0.3) is 11.0 Å². The maximum absolute atomic E-state index is 13.7. The highest BCUT2D eigenvalue weighted by atomic mass is 19.4. The van der Waals surface area contributed by atoms with Gasteiger partial charge in [-0.2, -0.15) is 13.2 Å². The van der Waals surface area contributed by atoms with Crippen molar-refractivity contribution in [2.24, 2.45) is 5.92 Å². The lowest BCUT2D eigenvalue weighted by Crippen LogP contribution is -2.53. The number of aromatic nitrogens is 2. The van der Waals surface area contributed by atoms with E-state index in [9.17, 15) is 22.8 Å². The van der Waals surface area contributed by atoms with Gasteiger partial charge in [0, 0.05) is 56.6 Å².